The minimum absolute atomic E-state index is 0.320. The van der Waals surface area contributed by atoms with Crippen molar-refractivity contribution in [2.75, 3.05) is 13.2 Å². The van der Waals surface area contributed by atoms with Gasteiger partial charge in [0.2, 0.25) is 0 Å². The lowest BCUT2D eigenvalue weighted by Gasteiger charge is -2.56. The normalized spacial score (nSPS) is 58.1. The topological polar surface area (TPSA) is 99.5 Å². The molecule has 7 atom stereocenters. The molecule has 2 saturated heterocycles. The first-order chi connectivity index (χ1) is 9.84. The lowest BCUT2D eigenvalue weighted by Crippen LogP contribution is -2.69. The molecule has 6 heteroatoms. The number of ketones is 1. The van der Waals surface area contributed by atoms with Gasteiger partial charge in [-0.05, 0) is 18.9 Å². The third kappa shape index (κ3) is 1.22. The van der Waals surface area contributed by atoms with Crippen molar-refractivity contribution in [3.8, 4) is 0 Å². The number of carbonyl (C=O) groups is 1. The molecule has 0 amide bonds. The molecule has 3 fully saturated rings. The number of rotatable bonds is 1. The van der Waals surface area contributed by atoms with Crippen LogP contribution in [0, 0.1) is 10.8 Å². The van der Waals surface area contributed by atoms with Crippen LogP contribution in [0.5, 0.6) is 0 Å². The van der Waals surface area contributed by atoms with Crippen LogP contribution in [0.3, 0.4) is 0 Å². The molecule has 2 aliphatic heterocycles. The highest BCUT2D eigenvalue weighted by molar-refractivity contribution is 5.95. The van der Waals surface area contributed by atoms with Crippen molar-refractivity contribution in [3.63, 3.8) is 0 Å². The maximum absolute atomic E-state index is 12.9. The monoisotopic (exact) mass is 296 g/mol. The van der Waals surface area contributed by atoms with Crippen molar-refractivity contribution in [1.82, 2.24) is 0 Å². The molecule has 1 spiro atoms. The Kier molecular flexibility index (Phi) is 2.47. The summed E-state index contributed by atoms with van der Waals surface area (Å²) in [5, 5.41) is 30.6. The van der Waals surface area contributed by atoms with Crippen LogP contribution in [-0.2, 0) is 14.3 Å². The van der Waals surface area contributed by atoms with Crippen molar-refractivity contribution in [2.45, 2.75) is 50.3 Å². The summed E-state index contributed by atoms with van der Waals surface area (Å²) in [7, 11) is 0. The summed E-state index contributed by atoms with van der Waals surface area (Å²) >= 11 is 0. The van der Waals surface area contributed by atoms with Gasteiger partial charge < -0.3 is 24.8 Å². The second-order valence-electron chi connectivity index (χ2n) is 7.07. The third-order valence-electron chi connectivity index (χ3n) is 6.36. The number of aliphatic hydroxyl groups is 3. The van der Waals surface area contributed by atoms with E-state index in [0.29, 0.717) is 18.6 Å². The van der Waals surface area contributed by atoms with Crippen LogP contribution < -0.4 is 0 Å². The first-order valence-electron chi connectivity index (χ1n) is 7.33. The maximum atomic E-state index is 12.9. The van der Waals surface area contributed by atoms with Crippen LogP contribution in [0.25, 0.3) is 0 Å². The average Bonchev–Trinajstić information content (AvgIpc) is 3.20. The molecule has 0 aromatic rings. The quantitative estimate of drug-likeness (QED) is 0.431. The van der Waals surface area contributed by atoms with Crippen LogP contribution in [0.1, 0.15) is 20.3 Å². The Hall–Kier alpha value is -0.790. The summed E-state index contributed by atoms with van der Waals surface area (Å²) < 4.78 is 11.6. The molecule has 0 aromatic carbocycles. The van der Waals surface area contributed by atoms with E-state index in [1.807, 2.05) is 6.92 Å². The number of hydrogen-bond acceptors (Lipinski definition) is 6. The fraction of sp³-hybridized carbons (Fsp3) is 0.800. The molecular weight excluding hydrogens is 276 g/mol. The van der Waals surface area contributed by atoms with Gasteiger partial charge in [0, 0.05) is 5.41 Å². The minimum atomic E-state index is -1.27. The van der Waals surface area contributed by atoms with E-state index in [0.717, 1.165) is 0 Å². The molecule has 4 rings (SSSR count). The fourth-order valence-corrected chi connectivity index (χ4v) is 4.95. The highest BCUT2D eigenvalue weighted by atomic mass is 16.6. The Morgan fingerprint density at radius 3 is 2.67 bits per heavy atom. The lowest BCUT2D eigenvalue weighted by molar-refractivity contribution is -0.217. The summed E-state index contributed by atoms with van der Waals surface area (Å²) in [4.78, 5) is 12.9. The predicted molar refractivity (Wildman–Crippen MR) is 70.4 cm³/mol. The Balaban J connectivity index is 1.95. The summed E-state index contributed by atoms with van der Waals surface area (Å²) in [6.07, 6.45) is -1.07. The number of ether oxygens (including phenoxy) is 2. The molecule has 1 unspecified atom stereocenters. The molecule has 21 heavy (non-hydrogen) atoms. The number of fused-ring (bicyclic) bond motifs is 2. The second kappa shape index (κ2) is 3.75. The van der Waals surface area contributed by atoms with E-state index in [-0.39, 0.29) is 0 Å². The molecular formula is C15H20O6. The zero-order valence-electron chi connectivity index (χ0n) is 12.1. The minimum Gasteiger partial charge on any atom is -0.395 e. The average molecular weight is 296 g/mol. The highest BCUT2D eigenvalue weighted by Crippen LogP contribution is 2.70. The van der Waals surface area contributed by atoms with Crippen LogP contribution in [0.15, 0.2) is 11.6 Å². The van der Waals surface area contributed by atoms with Crippen LogP contribution in [0.4, 0.5) is 0 Å². The first kappa shape index (κ1) is 13.8. The van der Waals surface area contributed by atoms with Crippen molar-refractivity contribution in [3.05, 3.63) is 11.6 Å². The van der Waals surface area contributed by atoms with E-state index in [1.165, 1.54) is 0 Å². The Labute approximate surface area is 122 Å². The number of hydrogen-bond donors (Lipinski definition) is 3. The number of epoxide rings is 1. The first-order valence-corrected chi connectivity index (χ1v) is 7.33. The van der Waals surface area contributed by atoms with Crippen LogP contribution >= 0.6 is 0 Å². The molecule has 2 heterocycles. The van der Waals surface area contributed by atoms with Crippen LogP contribution in [-0.4, -0.2) is 64.3 Å². The van der Waals surface area contributed by atoms with Crippen molar-refractivity contribution in [1.29, 1.82) is 0 Å². The van der Waals surface area contributed by atoms with E-state index in [4.69, 9.17) is 9.47 Å². The predicted octanol–water partition coefficient (Wildman–Crippen LogP) is -0.838. The SMILES string of the molecule is CC1=C[C@H]2O[C@@H]3[C@H](O)C[C@](C)([C@@]2(CO)C(=O)C1O)[C@@]31CO1. The van der Waals surface area contributed by atoms with Gasteiger partial charge >= 0.3 is 0 Å². The molecule has 1 saturated carbocycles. The Morgan fingerprint density at radius 2 is 2.10 bits per heavy atom. The van der Waals surface area contributed by atoms with Crippen molar-refractivity contribution >= 4 is 5.78 Å². The van der Waals surface area contributed by atoms with E-state index >= 15 is 0 Å². The summed E-state index contributed by atoms with van der Waals surface area (Å²) in [6.45, 7) is 3.52. The Bertz CT molecular complexity index is 552. The lowest BCUT2D eigenvalue weighted by atomic mass is 9.51. The van der Waals surface area contributed by atoms with Gasteiger partial charge in [-0.3, -0.25) is 4.79 Å². The number of Topliss-reactive ketones (excluding diaryl/α,β-unsaturated/α-hetero) is 1. The molecule has 2 bridgehead atoms. The smallest absolute Gasteiger partial charge is 0.177 e. The van der Waals surface area contributed by atoms with E-state index in [9.17, 15) is 20.1 Å². The van der Waals surface area contributed by atoms with Gasteiger partial charge in [-0.25, -0.2) is 0 Å². The van der Waals surface area contributed by atoms with Crippen molar-refractivity contribution < 1.29 is 29.6 Å². The molecule has 3 N–H and O–H groups in total. The maximum Gasteiger partial charge on any atom is 0.177 e. The molecule has 0 aromatic heterocycles. The van der Waals surface area contributed by atoms with Gasteiger partial charge in [-0.2, -0.15) is 0 Å². The summed E-state index contributed by atoms with van der Waals surface area (Å²) in [5.41, 5.74) is -2.22. The largest absolute Gasteiger partial charge is 0.395 e. The molecule has 2 aliphatic carbocycles. The molecule has 6 nitrogen and oxygen atoms in total. The molecule has 116 valence electrons. The number of carbonyl (C=O) groups excluding carboxylic acids is 1. The van der Waals surface area contributed by atoms with Crippen molar-refractivity contribution in [2.24, 2.45) is 10.8 Å². The second-order valence-corrected chi connectivity index (χ2v) is 7.07. The number of aliphatic hydroxyl groups excluding tert-OH is 3. The van der Waals surface area contributed by atoms with E-state index in [1.54, 1.807) is 13.0 Å². The van der Waals surface area contributed by atoms with Gasteiger partial charge in [-0.1, -0.05) is 13.0 Å². The highest BCUT2D eigenvalue weighted by Gasteiger charge is 2.83. The molecule has 0 radical (unpaired) electrons. The van der Waals surface area contributed by atoms with Gasteiger partial charge in [-0.15, -0.1) is 0 Å². The van der Waals surface area contributed by atoms with Gasteiger partial charge in [0.1, 0.15) is 17.8 Å². The zero-order valence-corrected chi connectivity index (χ0v) is 12.1. The summed E-state index contributed by atoms with van der Waals surface area (Å²) in [6, 6.07) is 0. The standard InChI is InChI=1S/C15H20O6/c1-7-3-9-14(5-16,11(19)10(7)18)13(2)4-8(17)12(21-9)15(13)6-20-15/h3,8-10,12,16-18H,4-6H2,1-2H3/t8-,9-,10?,12-,13-,14-,15-/m1/s1. The van der Waals surface area contributed by atoms with E-state index < -0.39 is 53.2 Å². The van der Waals surface area contributed by atoms with Gasteiger partial charge in [0.25, 0.3) is 0 Å². The van der Waals surface area contributed by atoms with Gasteiger partial charge in [0.05, 0.1) is 30.8 Å². The van der Waals surface area contributed by atoms with Gasteiger partial charge in [0.15, 0.2) is 5.78 Å². The van der Waals surface area contributed by atoms with E-state index in [2.05, 4.69) is 0 Å². The zero-order chi connectivity index (χ0) is 15.2. The molecule has 4 aliphatic rings. The fourth-order valence-electron chi connectivity index (χ4n) is 4.95. The summed E-state index contributed by atoms with van der Waals surface area (Å²) in [5.74, 6) is -0.431. The van der Waals surface area contributed by atoms with Crippen LogP contribution in [0.2, 0.25) is 0 Å². The third-order valence-corrected chi connectivity index (χ3v) is 6.36. The Morgan fingerprint density at radius 1 is 1.43 bits per heavy atom.